The van der Waals surface area contributed by atoms with Crippen LogP contribution in [0.15, 0.2) is 47.4 Å². The Bertz CT molecular complexity index is 1250. The Hall–Kier alpha value is -3.27. The fourth-order valence-electron chi connectivity index (χ4n) is 3.63. The van der Waals surface area contributed by atoms with E-state index in [9.17, 15) is 24.5 Å². The largest absolute Gasteiger partial charge is 0.462 e. The van der Waals surface area contributed by atoms with Gasteiger partial charge in [-0.25, -0.2) is 9.36 Å². The van der Waals surface area contributed by atoms with Gasteiger partial charge in [0.1, 0.15) is 35.2 Å². The van der Waals surface area contributed by atoms with Gasteiger partial charge in [-0.15, -0.1) is 0 Å². The molecule has 2 aromatic rings. The number of hydrogen-bond acceptors (Lipinski definition) is 11. The Morgan fingerprint density at radius 1 is 1.35 bits per heavy atom. The highest BCUT2D eigenvalue weighted by Crippen LogP contribution is 2.48. The molecule has 0 radical (unpaired) electrons. The Morgan fingerprint density at radius 2 is 2.03 bits per heavy atom. The maximum absolute atomic E-state index is 13.7. The molecule has 6 atom stereocenters. The quantitative estimate of drug-likeness (QED) is 0.296. The molecule has 14 heteroatoms. The normalized spacial score (nSPS) is 25.7. The first-order valence-corrected chi connectivity index (χ1v) is 13.0. The maximum Gasteiger partial charge on any atom is 0.459 e. The number of nitrogens with two attached hydrogens (primary N) is 1. The molecule has 2 unspecified atom stereocenters. The second-order valence-electron chi connectivity index (χ2n) is 8.94. The lowest BCUT2D eigenvalue weighted by atomic mass is 9.84. The van der Waals surface area contributed by atoms with E-state index in [2.05, 4.69) is 10.1 Å². The second kappa shape index (κ2) is 11.4. The number of nitrogens with one attached hydrogen (secondary N) is 1. The van der Waals surface area contributed by atoms with Crippen molar-refractivity contribution in [2.45, 2.75) is 58.3 Å². The average molecular weight is 535 g/mol. The Balaban J connectivity index is 1.83. The van der Waals surface area contributed by atoms with Crippen molar-refractivity contribution in [3.8, 4) is 11.8 Å². The summed E-state index contributed by atoms with van der Waals surface area (Å²) >= 11 is 0. The van der Waals surface area contributed by atoms with E-state index in [0.29, 0.717) is 0 Å². The zero-order valence-corrected chi connectivity index (χ0v) is 21.7. The molecular formula is C23H30N5O8P. The Kier molecular flexibility index (Phi) is 8.73. The molecule has 1 aliphatic heterocycles. The van der Waals surface area contributed by atoms with Gasteiger partial charge in [0.15, 0.2) is 6.23 Å². The van der Waals surface area contributed by atoms with E-state index >= 15 is 0 Å². The van der Waals surface area contributed by atoms with E-state index in [-0.39, 0.29) is 11.6 Å². The lowest BCUT2D eigenvalue weighted by Gasteiger charge is -2.26. The number of nitrogen functional groups attached to an aromatic ring is 1. The van der Waals surface area contributed by atoms with Crippen LogP contribution < -0.4 is 21.0 Å². The molecule has 0 aliphatic carbocycles. The number of carbonyl (C=O) groups excluding carboxylic acids is 1. The highest BCUT2D eigenvalue weighted by atomic mass is 31.2. The van der Waals surface area contributed by atoms with Crippen LogP contribution in [-0.4, -0.2) is 51.6 Å². The molecule has 200 valence electrons. The SMILES string of the molecule is CC(C)OC(=O)C(C)N[P@@](=O)(OC[C@H]1OC(n2ccc(N)nc2=O)[C@](C)(C#N)[C@@H]1O)Oc1ccccc1. The molecule has 4 N–H and O–H groups in total. The number of rotatable bonds is 10. The fraction of sp³-hybridized carbons (Fsp3) is 0.478. The van der Waals surface area contributed by atoms with E-state index < -0.39 is 62.0 Å². The Morgan fingerprint density at radius 3 is 2.62 bits per heavy atom. The third-order valence-corrected chi connectivity index (χ3v) is 7.21. The number of ether oxygens (including phenoxy) is 2. The molecule has 13 nitrogen and oxygen atoms in total. The smallest absolute Gasteiger partial charge is 0.459 e. The minimum Gasteiger partial charge on any atom is -0.462 e. The van der Waals surface area contributed by atoms with E-state index in [1.165, 1.54) is 26.1 Å². The first-order valence-electron chi connectivity index (χ1n) is 11.5. The van der Waals surface area contributed by atoms with Crippen molar-refractivity contribution in [2.24, 2.45) is 5.41 Å². The summed E-state index contributed by atoms with van der Waals surface area (Å²) < 4.78 is 36.8. The van der Waals surface area contributed by atoms with Gasteiger partial charge in [0.2, 0.25) is 0 Å². The van der Waals surface area contributed by atoms with Gasteiger partial charge in [0.25, 0.3) is 0 Å². The highest BCUT2D eigenvalue weighted by Gasteiger charge is 2.55. The number of carbonyl (C=O) groups is 1. The summed E-state index contributed by atoms with van der Waals surface area (Å²) in [5, 5.41) is 23.3. The maximum atomic E-state index is 13.7. The summed E-state index contributed by atoms with van der Waals surface area (Å²) in [6, 6.07) is 10.4. The van der Waals surface area contributed by atoms with Gasteiger partial charge >= 0.3 is 19.4 Å². The second-order valence-corrected chi connectivity index (χ2v) is 10.6. The molecule has 1 aromatic carbocycles. The van der Waals surface area contributed by atoms with Gasteiger partial charge in [0, 0.05) is 6.20 Å². The van der Waals surface area contributed by atoms with Crippen molar-refractivity contribution in [2.75, 3.05) is 12.3 Å². The fourth-order valence-corrected chi connectivity index (χ4v) is 5.13. The Labute approximate surface area is 213 Å². The summed E-state index contributed by atoms with van der Waals surface area (Å²) in [6.45, 7) is 5.66. The molecule has 1 aromatic heterocycles. The molecule has 37 heavy (non-hydrogen) atoms. The molecule has 0 amide bonds. The monoisotopic (exact) mass is 535 g/mol. The minimum atomic E-state index is -4.25. The number of hydrogen-bond donors (Lipinski definition) is 3. The molecule has 1 aliphatic rings. The van der Waals surface area contributed by atoms with Crippen LogP contribution in [0.5, 0.6) is 5.75 Å². The van der Waals surface area contributed by atoms with Gasteiger partial charge in [-0.3, -0.25) is 13.9 Å². The third kappa shape index (κ3) is 6.54. The average Bonchev–Trinajstić information content (AvgIpc) is 3.08. The standard InChI is InChI=1S/C23H30N5O8P/c1-14(2)34-20(30)15(3)27-37(32,36-16-8-6-5-7-9-16)33-12-17-19(29)23(4,13-24)21(35-17)28-11-10-18(25)26-22(28)31/h5-11,14-15,17,19,21,29H,12H2,1-4H3,(H,27,32)(H2,25,26,31)/t15?,17-,19-,21?,23-,37-/m1/s1. The van der Waals surface area contributed by atoms with Crippen molar-refractivity contribution >= 4 is 19.5 Å². The number of aliphatic hydroxyl groups excluding tert-OH is 1. The van der Waals surface area contributed by atoms with Crippen molar-refractivity contribution in [1.82, 2.24) is 14.6 Å². The molecular weight excluding hydrogens is 505 g/mol. The van der Waals surface area contributed by atoms with Crippen LogP contribution in [0.25, 0.3) is 0 Å². The van der Waals surface area contributed by atoms with Crippen molar-refractivity contribution in [1.29, 1.82) is 5.26 Å². The van der Waals surface area contributed by atoms with Crippen LogP contribution in [0.2, 0.25) is 0 Å². The predicted octanol–water partition coefficient (Wildman–Crippen LogP) is 1.75. The van der Waals surface area contributed by atoms with E-state index in [1.54, 1.807) is 44.2 Å². The first kappa shape index (κ1) is 28.3. The molecule has 0 spiro atoms. The van der Waals surface area contributed by atoms with Crippen LogP contribution in [0.1, 0.15) is 33.9 Å². The summed E-state index contributed by atoms with van der Waals surface area (Å²) in [5.74, 6) is -0.511. The number of anilines is 1. The highest BCUT2D eigenvalue weighted by molar-refractivity contribution is 7.52. The number of esters is 1. The van der Waals surface area contributed by atoms with Gasteiger partial charge < -0.3 is 24.8 Å². The third-order valence-electron chi connectivity index (χ3n) is 5.56. The first-order chi connectivity index (χ1) is 17.4. The number of nitrogens with zero attached hydrogens (tertiary/aromatic N) is 3. The van der Waals surface area contributed by atoms with Crippen LogP contribution in [-0.2, 0) is 23.4 Å². The van der Waals surface area contributed by atoms with Crippen molar-refractivity contribution in [3.05, 3.63) is 53.1 Å². The number of para-hydroxylation sites is 1. The van der Waals surface area contributed by atoms with Crippen LogP contribution >= 0.6 is 7.75 Å². The molecule has 0 bridgehead atoms. The zero-order valence-electron chi connectivity index (χ0n) is 20.8. The summed E-state index contributed by atoms with van der Waals surface area (Å²) in [5.41, 5.74) is 3.17. The van der Waals surface area contributed by atoms with Crippen LogP contribution in [0, 0.1) is 16.7 Å². The lowest BCUT2D eigenvalue weighted by molar-refractivity contribution is -0.149. The van der Waals surface area contributed by atoms with Crippen LogP contribution in [0.3, 0.4) is 0 Å². The molecule has 3 rings (SSSR count). The van der Waals surface area contributed by atoms with Gasteiger partial charge in [0.05, 0.1) is 18.8 Å². The summed E-state index contributed by atoms with van der Waals surface area (Å²) in [4.78, 5) is 28.3. The number of benzene rings is 1. The van der Waals surface area contributed by atoms with Gasteiger partial charge in [-0.05, 0) is 45.9 Å². The van der Waals surface area contributed by atoms with E-state index in [1.807, 2.05) is 6.07 Å². The number of aliphatic hydroxyl groups is 1. The summed E-state index contributed by atoms with van der Waals surface area (Å²) in [6.07, 6.45) is -3.01. The van der Waals surface area contributed by atoms with Crippen molar-refractivity contribution < 1.29 is 33.0 Å². The van der Waals surface area contributed by atoms with E-state index in [0.717, 1.165) is 4.57 Å². The number of aromatic nitrogens is 2. The topological polar surface area (TPSA) is 188 Å². The summed E-state index contributed by atoms with van der Waals surface area (Å²) in [7, 11) is -4.25. The van der Waals surface area contributed by atoms with Gasteiger partial charge in [-0.1, -0.05) is 18.2 Å². The number of nitriles is 1. The minimum absolute atomic E-state index is 0.0199. The van der Waals surface area contributed by atoms with E-state index in [4.69, 9.17) is 24.3 Å². The predicted molar refractivity (Wildman–Crippen MR) is 131 cm³/mol. The molecule has 1 saturated heterocycles. The van der Waals surface area contributed by atoms with Crippen molar-refractivity contribution in [3.63, 3.8) is 0 Å². The van der Waals surface area contributed by atoms with Gasteiger partial charge in [-0.2, -0.15) is 15.3 Å². The molecule has 1 fully saturated rings. The molecule has 0 saturated carbocycles. The molecule has 2 heterocycles. The lowest BCUT2D eigenvalue weighted by Crippen LogP contribution is -2.40. The van der Waals surface area contributed by atoms with Crippen LogP contribution in [0.4, 0.5) is 5.82 Å². The zero-order chi connectivity index (χ0) is 27.4.